The summed E-state index contributed by atoms with van der Waals surface area (Å²) in [6.07, 6.45) is 0. The van der Waals surface area contributed by atoms with Crippen molar-refractivity contribution in [3.05, 3.63) is 21.1 Å². The monoisotopic (exact) mass is 274 g/mol. The van der Waals surface area contributed by atoms with Crippen LogP contribution in [0.3, 0.4) is 0 Å². The molecular weight excluding hydrogens is 260 g/mol. The van der Waals surface area contributed by atoms with Crippen molar-refractivity contribution in [1.29, 1.82) is 0 Å². The summed E-state index contributed by atoms with van der Waals surface area (Å²) in [5.41, 5.74) is -0.420. The Labute approximate surface area is 109 Å². The van der Waals surface area contributed by atoms with E-state index in [1.807, 2.05) is 13.8 Å². The Kier molecular flexibility index (Phi) is 4.42. The number of aliphatic hydroxyl groups excluding tert-OH is 1. The first-order chi connectivity index (χ1) is 8.26. The first-order valence-electron chi connectivity index (χ1n) is 5.30. The number of nitrogens with one attached hydrogen (secondary N) is 1. The van der Waals surface area contributed by atoms with Gasteiger partial charge in [-0.2, -0.15) is 4.98 Å². The highest BCUT2D eigenvalue weighted by Crippen LogP contribution is 2.27. The van der Waals surface area contributed by atoms with Crippen LogP contribution in [-0.4, -0.2) is 33.1 Å². The van der Waals surface area contributed by atoms with E-state index >= 15 is 0 Å². The van der Waals surface area contributed by atoms with Crippen molar-refractivity contribution in [2.75, 3.05) is 18.5 Å². The fourth-order valence-electron chi connectivity index (χ4n) is 1.25. The molecule has 2 N–H and O–H groups in total. The molecule has 0 spiro atoms. The lowest BCUT2D eigenvalue weighted by atomic mass is 9.95. The third kappa shape index (κ3) is 3.51. The molecule has 0 unspecified atom stereocenters. The molecule has 0 radical (unpaired) electrons. The zero-order chi connectivity index (χ0) is 13.9. The molecule has 1 aromatic rings. The van der Waals surface area contributed by atoms with Gasteiger partial charge in [-0.25, -0.2) is 4.98 Å². The second-order valence-electron chi connectivity index (χ2n) is 4.71. The zero-order valence-corrected chi connectivity index (χ0v) is 11.2. The summed E-state index contributed by atoms with van der Waals surface area (Å²) >= 11 is 5.68. The van der Waals surface area contributed by atoms with Crippen molar-refractivity contribution < 1.29 is 10.0 Å². The van der Waals surface area contributed by atoms with Gasteiger partial charge in [-0.1, -0.05) is 13.8 Å². The molecule has 0 amide bonds. The Hall–Kier alpha value is -1.47. The summed E-state index contributed by atoms with van der Waals surface area (Å²) < 4.78 is 0. The molecule has 0 aliphatic rings. The highest BCUT2D eigenvalue weighted by Gasteiger charge is 2.24. The molecule has 100 valence electrons. The molecule has 0 atom stereocenters. The van der Waals surface area contributed by atoms with Gasteiger partial charge in [0.25, 0.3) is 0 Å². The van der Waals surface area contributed by atoms with Gasteiger partial charge in [0.05, 0.1) is 4.92 Å². The summed E-state index contributed by atoms with van der Waals surface area (Å²) in [4.78, 5) is 17.9. The number of rotatable bonds is 5. The van der Waals surface area contributed by atoms with Gasteiger partial charge in [0.2, 0.25) is 11.1 Å². The Morgan fingerprint density at radius 3 is 2.61 bits per heavy atom. The van der Waals surface area contributed by atoms with Crippen molar-refractivity contribution in [3.63, 3.8) is 0 Å². The van der Waals surface area contributed by atoms with E-state index in [2.05, 4.69) is 15.3 Å². The van der Waals surface area contributed by atoms with Crippen LogP contribution in [0.4, 0.5) is 11.5 Å². The third-order valence-corrected chi connectivity index (χ3v) is 2.55. The molecule has 0 saturated heterocycles. The van der Waals surface area contributed by atoms with E-state index in [4.69, 9.17) is 16.7 Å². The Balaban J connectivity index is 3.04. The molecule has 18 heavy (non-hydrogen) atoms. The van der Waals surface area contributed by atoms with Crippen LogP contribution in [0.2, 0.25) is 5.28 Å². The van der Waals surface area contributed by atoms with Crippen molar-refractivity contribution >= 4 is 23.1 Å². The van der Waals surface area contributed by atoms with Gasteiger partial charge < -0.3 is 10.4 Å². The van der Waals surface area contributed by atoms with E-state index in [1.165, 1.54) is 6.92 Å². The van der Waals surface area contributed by atoms with Crippen LogP contribution < -0.4 is 5.32 Å². The van der Waals surface area contributed by atoms with Crippen LogP contribution in [-0.2, 0) is 0 Å². The lowest BCUT2D eigenvalue weighted by Gasteiger charge is -2.22. The molecule has 0 aliphatic carbocycles. The fraction of sp³-hybridized carbons (Fsp3) is 0.600. The lowest BCUT2D eigenvalue weighted by Crippen LogP contribution is -2.27. The predicted octanol–water partition coefficient (Wildman–Crippen LogP) is 1.78. The number of nitrogens with zero attached hydrogens (tertiary/aromatic N) is 3. The SMILES string of the molecule is Cc1nc(Cl)nc(NCC(C)(C)CO)c1[N+](=O)[O-]. The summed E-state index contributed by atoms with van der Waals surface area (Å²) in [7, 11) is 0. The maximum absolute atomic E-state index is 10.9. The Morgan fingerprint density at radius 2 is 2.11 bits per heavy atom. The predicted molar refractivity (Wildman–Crippen MR) is 67.8 cm³/mol. The van der Waals surface area contributed by atoms with Crippen LogP contribution in [0.15, 0.2) is 0 Å². The van der Waals surface area contributed by atoms with Gasteiger partial charge in [-0.3, -0.25) is 10.1 Å². The van der Waals surface area contributed by atoms with Gasteiger partial charge in [0, 0.05) is 18.6 Å². The van der Waals surface area contributed by atoms with Gasteiger partial charge in [-0.15, -0.1) is 0 Å². The molecule has 0 fully saturated rings. The second-order valence-corrected chi connectivity index (χ2v) is 5.05. The summed E-state index contributed by atoms with van der Waals surface area (Å²) in [6.45, 7) is 5.42. The highest BCUT2D eigenvalue weighted by molar-refractivity contribution is 6.28. The molecule has 8 heteroatoms. The Bertz CT molecular complexity index is 465. The van der Waals surface area contributed by atoms with Crippen LogP contribution >= 0.6 is 11.6 Å². The summed E-state index contributed by atoms with van der Waals surface area (Å²) in [5, 5.41) is 22.8. The van der Waals surface area contributed by atoms with E-state index in [9.17, 15) is 10.1 Å². The van der Waals surface area contributed by atoms with Crippen molar-refractivity contribution in [3.8, 4) is 0 Å². The number of halogens is 1. The molecule has 1 aromatic heterocycles. The minimum absolute atomic E-state index is 0.0500. The van der Waals surface area contributed by atoms with E-state index in [0.29, 0.717) is 6.54 Å². The topological polar surface area (TPSA) is 101 Å². The first-order valence-corrected chi connectivity index (χ1v) is 5.68. The van der Waals surface area contributed by atoms with Crippen LogP contribution in [0.25, 0.3) is 0 Å². The average Bonchev–Trinajstić information content (AvgIpc) is 2.25. The van der Waals surface area contributed by atoms with Crippen LogP contribution in [0, 0.1) is 22.5 Å². The molecule has 0 aromatic carbocycles. The molecule has 7 nitrogen and oxygen atoms in total. The van der Waals surface area contributed by atoms with Gasteiger partial charge >= 0.3 is 5.69 Å². The van der Waals surface area contributed by atoms with E-state index < -0.39 is 10.3 Å². The number of hydrogen-bond acceptors (Lipinski definition) is 6. The smallest absolute Gasteiger partial charge is 0.332 e. The van der Waals surface area contributed by atoms with Gasteiger partial charge in [0.1, 0.15) is 5.69 Å². The number of hydrogen-bond donors (Lipinski definition) is 2. The average molecular weight is 275 g/mol. The van der Waals surface area contributed by atoms with E-state index in [0.717, 1.165) is 0 Å². The normalized spacial score (nSPS) is 11.4. The second kappa shape index (κ2) is 5.45. The van der Waals surface area contributed by atoms with E-state index in [1.54, 1.807) is 0 Å². The summed E-state index contributed by atoms with van der Waals surface area (Å²) in [6, 6.07) is 0. The number of nitro groups is 1. The van der Waals surface area contributed by atoms with Crippen molar-refractivity contribution in [2.24, 2.45) is 5.41 Å². The number of aliphatic hydroxyl groups is 1. The maximum atomic E-state index is 10.9. The third-order valence-electron chi connectivity index (χ3n) is 2.38. The lowest BCUT2D eigenvalue weighted by molar-refractivity contribution is -0.385. The molecule has 1 heterocycles. The molecule has 1 rings (SSSR count). The standard InChI is InChI=1S/C10H15ClN4O3/c1-6-7(15(17)18)8(14-9(11)13-6)12-4-10(2,3)5-16/h16H,4-5H2,1-3H3,(H,12,13,14). The molecule has 0 saturated carbocycles. The highest BCUT2D eigenvalue weighted by atomic mass is 35.5. The van der Waals surface area contributed by atoms with Crippen LogP contribution in [0.1, 0.15) is 19.5 Å². The number of aryl methyl sites for hydroxylation is 1. The number of anilines is 1. The largest absolute Gasteiger partial charge is 0.396 e. The van der Waals surface area contributed by atoms with Crippen molar-refractivity contribution in [1.82, 2.24) is 9.97 Å². The number of aromatic nitrogens is 2. The fourth-order valence-corrected chi connectivity index (χ4v) is 1.46. The minimum Gasteiger partial charge on any atom is -0.396 e. The zero-order valence-electron chi connectivity index (χ0n) is 10.4. The van der Waals surface area contributed by atoms with Crippen LogP contribution in [0.5, 0.6) is 0 Å². The van der Waals surface area contributed by atoms with Crippen molar-refractivity contribution in [2.45, 2.75) is 20.8 Å². The first kappa shape index (κ1) is 14.6. The minimum atomic E-state index is -0.556. The maximum Gasteiger partial charge on any atom is 0.332 e. The van der Waals surface area contributed by atoms with Gasteiger partial charge in [-0.05, 0) is 18.5 Å². The quantitative estimate of drug-likeness (QED) is 0.482. The van der Waals surface area contributed by atoms with E-state index in [-0.39, 0.29) is 29.1 Å². The molecule has 0 bridgehead atoms. The van der Waals surface area contributed by atoms with Gasteiger partial charge in [0.15, 0.2) is 0 Å². The Morgan fingerprint density at radius 1 is 1.50 bits per heavy atom. The summed E-state index contributed by atoms with van der Waals surface area (Å²) in [5.74, 6) is 0.0685. The molecular formula is C10H15ClN4O3. The molecule has 0 aliphatic heterocycles.